The molecule has 27 heavy (non-hydrogen) atoms. The van der Waals surface area contributed by atoms with E-state index in [1.165, 1.54) is 19.5 Å². The molecular weight excluding hydrogens is 372 g/mol. The zero-order valence-corrected chi connectivity index (χ0v) is 15.4. The van der Waals surface area contributed by atoms with Crippen LogP contribution in [0.25, 0.3) is 5.69 Å². The van der Waals surface area contributed by atoms with E-state index >= 15 is 0 Å². The first kappa shape index (κ1) is 17.7. The minimum Gasteiger partial charge on any atom is -0.468 e. The summed E-state index contributed by atoms with van der Waals surface area (Å²) >= 11 is 0. The number of ether oxygens (including phenoxy) is 1. The fourth-order valence-electron chi connectivity index (χ4n) is 3.02. The number of para-hydroxylation sites is 1. The van der Waals surface area contributed by atoms with Crippen LogP contribution in [0.3, 0.4) is 0 Å². The van der Waals surface area contributed by atoms with Crippen LogP contribution in [0.2, 0.25) is 0 Å². The molecule has 1 aromatic heterocycles. The van der Waals surface area contributed by atoms with Gasteiger partial charge in [0.1, 0.15) is 17.8 Å². The molecule has 4 rings (SSSR count). The Morgan fingerprint density at radius 2 is 2.04 bits per heavy atom. The molecule has 2 aromatic rings. The van der Waals surface area contributed by atoms with Gasteiger partial charge in [-0.3, -0.25) is 14.2 Å². The van der Waals surface area contributed by atoms with Crippen LogP contribution >= 0.6 is 0 Å². The first-order valence-electron chi connectivity index (χ1n) is 8.45. The molecule has 10 heteroatoms. The molecule has 0 atom stereocenters. The molecule has 2 aliphatic rings. The van der Waals surface area contributed by atoms with Crippen molar-refractivity contribution in [2.75, 3.05) is 13.7 Å². The first-order valence-corrected chi connectivity index (χ1v) is 9.89. The summed E-state index contributed by atoms with van der Waals surface area (Å²) in [4.78, 5) is 28.6. The van der Waals surface area contributed by atoms with Crippen molar-refractivity contribution < 1.29 is 22.7 Å². The molecule has 1 amide bonds. The summed E-state index contributed by atoms with van der Waals surface area (Å²) in [5, 5.41) is 2.86. The topological polar surface area (TPSA) is 111 Å². The molecule has 2 heterocycles. The van der Waals surface area contributed by atoms with E-state index in [4.69, 9.17) is 0 Å². The number of imidazole rings is 1. The number of nitrogens with zero attached hydrogens (tertiary/aromatic N) is 3. The standard InChI is InChI=1S/C17H18N4O5S/c1-26-15(22)9-20-8-13-16(17(23)19-11-6-7-11)18-10-21(13)12-4-2-3-5-14(12)27(20,24)25/h2-5,10-11H,6-9H2,1H3,(H,19,23). The highest BCUT2D eigenvalue weighted by Crippen LogP contribution is 2.31. The van der Waals surface area contributed by atoms with Gasteiger partial charge in [0, 0.05) is 6.04 Å². The van der Waals surface area contributed by atoms with E-state index in [0.717, 1.165) is 17.1 Å². The van der Waals surface area contributed by atoms with Gasteiger partial charge in [0.05, 0.1) is 25.0 Å². The summed E-state index contributed by atoms with van der Waals surface area (Å²) in [5.74, 6) is -1.03. The number of hydrogen-bond acceptors (Lipinski definition) is 6. The molecular formula is C17H18N4O5S. The molecule has 0 saturated heterocycles. The number of carbonyl (C=O) groups excluding carboxylic acids is 2. The molecule has 1 aliphatic heterocycles. The van der Waals surface area contributed by atoms with Gasteiger partial charge in [0.25, 0.3) is 5.91 Å². The van der Waals surface area contributed by atoms with Crippen LogP contribution in [-0.4, -0.2) is 53.8 Å². The predicted octanol–water partition coefficient (Wildman–Crippen LogP) is 0.442. The van der Waals surface area contributed by atoms with Crippen LogP contribution in [0.15, 0.2) is 35.5 Å². The van der Waals surface area contributed by atoms with Crippen molar-refractivity contribution in [3.05, 3.63) is 42.0 Å². The van der Waals surface area contributed by atoms with E-state index in [9.17, 15) is 18.0 Å². The number of esters is 1. The number of carbonyl (C=O) groups is 2. The van der Waals surface area contributed by atoms with Gasteiger partial charge in [0.15, 0.2) is 5.69 Å². The minimum absolute atomic E-state index is 0.0409. The smallest absolute Gasteiger partial charge is 0.321 e. The summed E-state index contributed by atoms with van der Waals surface area (Å²) in [6.07, 6.45) is 3.29. The lowest BCUT2D eigenvalue weighted by Gasteiger charge is -2.19. The molecule has 0 spiro atoms. The van der Waals surface area contributed by atoms with Gasteiger partial charge in [-0.05, 0) is 25.0 Å². The van der Waals surface area contributed by atoms with Crippen molar-refractivity contribution in [1.29, 1.82) is 0 Å². The highest BCUT2D eigenvalue weighted by atomic mass is 32.2. The zero-order valence-electron chi connectivity index (χ0n) is 14.6. The number of sulfonamides is 1. The normalized spacial score (nSPS) is 18.1. The molecule has 0 unspecified atom stereocenters. The Bertz CT molecular complexity index is 1030. The van der Waals surface area contributed by atoms with Crippen molar-refractivity contribution in [2.24, 2.45) is 0 Å². The van der Waals surface area contributed by atoms with Gasteiger partial charge in [-0.25, -0.2) is 13.4 Å². The Morgan fingerprint density at radius 1 is 1.30 bits per heavy atom. The molecule has 9 nitrogen and oxygen atoms in total. The van der Waals surface area contributed by atoms with Crippen molar-refractivity contribution in [2.45, 2.75) is 30.3 Å². The lowest BCUT2D eigenvalue weighted by atomic mass is 10.2. The molecule has 1 aliphatic carbocycles. The van der Waals surface area contributed by atoms with Crippen LogP contribution in [0.5, 0.6) is 0 Å². The third-order valence-electron chi connectivity index (χ3n) is 4.60. The molecule has 0 radical (unpaired) electrons. The third kappa shape index (κ3) is 3.10. The highest BCUT2D eigenvalue weighted by Gasteiger charge is 2.36. The molecule has 1 aromatic carbocycles. The van der Waals surface area contributed by atoms with Crippen molar-refractivity contribution >= 4 is 21.9 Å². The van der Waals surface area contributed by atoms with Crippen LogP contribution in [0.4, 0.5) is 0 Å². The number of methoxy groups -OCH3 is 1. The Kier molecular flexibility index (Phi) is 4.23. The minimum atomic E-state index is -3.96. The first-order chi connectivity index (χ1) is 12.9. The second-order valence-corrected chi connectivity index (χ2v) is 8.38. The maximum atomic E-state index is 13.1. The third-order valence-corrected chi connectivity index (χ3v) is 6.44. The van der Waals surface area contributed by atoms with Gasteiger partial charge >= 0.3 is 5.97 Å². The molecule has 1 saturated carbocycles. The average molecular weight is 390 g/mol. The van der Waals surface area contributed by atoms with Crippen LogP contribution in [0, 0.1) is 0 Å². The largest absolute Gasteiger partial charge is 0.468 e. The van der Waals surface area contributed by atoms with E-state index in [1.54, 1.807) is 22.8 Å². The summed E-state index contributed by atoms with van der Waals surface area (Å²) < 4.78 is 33.4. The zero-order chi connectivity index (χ0) is 19.2. The van der Waals surface area contributed by atoms with Gasteiger partial charge < -0.3 is 10.1 Å². The second-order valence-electron chi connectivity index (χ2n) is 6.47. The number of fused-ring (bicyclic) bond motifs is 3. The van der Waals surface area contributed by atoms with Gasteiger partial charge in [-0.15, -0.1) is 0 Å². The summed E-state index contributed by atoms with van der Waals surface area (Å²) in [6, 6.07) is 6.56. The maximum Gasteiger partial charge on any atom is 0.321 e. The fraction of sp³-hybridized carbons (Fsp3) is 0.353. The van der Waals surface area contributed by atoms with E-state index in [-0.39, 0.29) is 29.1 Å². The lowest BCUT2D eigenvalue weighted by Crippen LogP contribution is -2.36. The van der Waals surface area contributed by atoms with Crippen molar-refractivity contribution in [1.82, 2.24) is 19.2 Å². The molecule has 1 N–H and O–H groups in total. The predicted molar refractivity (Wildman–Crippen MR) is 93.7 cm³/mol. The number of rotatable bonds is 4. The number of nitrogens with one attached hydrogen (secondary N) is 1. The quantitative estimate of drug-likeness (QED) is 0.759. The summed E-state index contributed by atoms with van der Waals surface area (Å²) in [5.41, 5.74) is 0.951. The average Bonchev–Trinajstić information content (AvgIpc) is 3.38. The number of benzene rings is 1. The Balaban J connectivity index is 1.84. The van der Waals surface area contributed by atoms with E-state index in [2.05, 4.69) is 15.0 Å². The van der Waals surface area contributed by atoms with Crippen LogP contribution < -0.4 is 5.32 Å². The molecule has 1 fully saturated rings. The van der Waals surface area contributed by atoms with Crippen molar-refractivity contribution in [3.63, 3.8) is 0 Å². The second kappa shape index (κ2) is 6.46. The van der Waals surface area contributed by atoms with Gasteiger partial charge in [-0.2, -0.15) is 4.31 Å². The lowest BCUT2D eigenvalue weighted by molar-refractivity contribution is -0.140. The highest BCUT2D eigenvalue weighted by molar-refractivity contribution is 7.89. The Morgan fingerprint density at radius 3 is 2.74 bits per heavy atom. The van der Waals surface area contributed by atoms with Gasteiger partial charge in [-0.1, -0.05) is 12.1 Å². The SMILES string of the molecule is COC(=O)CN1Cc2c(C(=O)NC3CC3)ncn2-c2ccccc2S1(=O)=O. The fourth-order valence-corrected chi connectivity index (χ4v) is 4.55. The van der Waals surface area contributed by atoms with Crippen molar-refractivity contribution in [3.8, 4) is 5.69 Å². The van der Waals surface area contributed by atoms with E-state index in [0.29, 0.717) is 11.4 Å². The maximum absolute atomic E-state index is 13.1. The van der Waals surface area contributed by atoms with Crippen LogP contribution in [0.1, 0.15) is 29.0 Å². The number of amides is 1. The van der Waals surface area contributed by atoms with Crippen LogP contribution in [-0.2, 0) is 26.1 Å². The Hall–Kier alpha value is -2.72. The summed E-state index contributed by atoms with van der Waals surface area (Å²) in [7, 11) is -2.77. The molecule has 142 valence electrons. The monoisotopic (exact) mass is 390 g/mol. The molecule has 0 bridgehead atoms. The number of hydrogen-bond donors (Lipinski definition) is 1. The summed E-state index contributed by atoms with van der Waals surface area (Å²) in [6.45, 7) is -0.623. The van der Waals surface area contributed by atoms with E-state index in [1.807, 2.05) is 0 Å². The van der Waals surface area contributed by atoms with E-state index < -0.39 is 22.5 Å². The van der Waals surface area contributed by atoms with Gasteiger partial charge in [0.2, 0.25) is 10.0 Å². The number of aromatic nitrogens is 2. The Labute approximate surface area is 156 Å².